The normalized spacial score (nSPS) is 32.3. The highest BCUT2D eigenvalue weighted by atomic mass is 16.3. The van der Waals surface area contributed by atoms with Crippen LogP contribution in [0.25, 0.3) is 5.76 Å². The number of benzene rings is 1. The van der Waals surface area contributed by atoms with Crippen molar-refractivity contribution in [1.29, 1.82) is 0 Å². The Morgan fingerprint density at radius 1 is 1.14 bits per heavy atom. The van der Waals surface area contributed by atoms with E-state index in [0.29, 0.717) is 5.56 Å². The first kappa shape index (κ1) is 24.6. The van der Waals surface area contributed by atoms with Crippen molar-refractivity contribution in [1.82, 2.24) is 4.90 Å². The van der Waals surface area contributed by atoms with Gasteiger partial charge < -0.3 is 31.0 Å². The van der Waals surface area contributed by atoms with Crippen LogP contribution in [0.15, 0.2) is 35.1 Å². The monoisotopic (exact) mass is 484 g/mol. The number of aromatic hydroxyl groups is 1. The van der Waals surface area contributed by atoms with Gasteiger partial charge in [0, 0.05) is 23.8 Å². The number of ketones is 3. The van der Waals surface area contributed by atoms with Crippen molar-refractivity contribution in [2.45, 2.75) is 37.8 Å². The second-order valence-corrected chi connectivity index (χ2v) is 9.87. The van der Waals surface area contributed by atoms with Crippen LogP contribution in [0.4, 0.5) is 0 Å². The number of fused-ring (bicyclic) bond motifs is 3. The van der Waals surface area contributed by atoms with Gasteiger partial charge in [-0.05, 0) is 44.5 Å². The summed E-state index contributed by atoms with van der Waals surface area (Å²) in [7, 11) is 3.03. The van der Waals surface area contributed by atoms with Gasteiger partial charge in [-0.25, -0.2) is 0 Å². The second-order valence-electron chi connectivity index (χ2n) is 9.87. The lowest BCUT2D eigenvalue weighted by Crippen LogP contribution is -2.69. The largest absolute Gasteiger partial charge is 0.508 e. The highest BCUT2D eigenvalue weighted by molar-refractivity contribution is 6.24. The fourth-order valence-corrected chi connectivity index (χ4v) is 6.39. The maximum Gasteiger partial charge on any atom is 0.255 e. The SMILES string of the molecule is CC(=O)C[C@H]1[C@H]2C(=C(O)c3c(O)cccc3[C@@H]2C)C(=O)[C@]2(O)C(O)=C(C(N)=O)C(=O)C(N(C)C)[C@H]12. The van der Waals surface area contributed by atoms with Crippen LogP contribution in [-0.2, 0) is 19.2 Å². The van der Waals surface area contributed by atoms with Gasteiger partial charge in [0.25, 0.3) is 5.91 Å². The van der Waals surface area contributed by atoms with Crippen LogP contribution in [-0.4, -0.2) is 74.3 Å². The predicted octanol–water partition coefficient (Wildman–Crippen LogP) is 0.730. The molecule has 1 saturated carbocycles. The van der Waals surface area contributed by atoms with Gasteiger partial charge in [0.1, 0.15) is 28.6 Å². The number of Topliss-reactive ketones (excluding diaryl/α,β-unsaturated/α-hetero) is 3. The third-order valence-corrected chi connectivity index (χ3v) is 7.70. The smallest absolute Gasteiger partial charge is 0.255 e. The number of carbonyl (C=O) groups is 4. The van der Waals surface area contributed by atoms with Crippen LogP contribution < -0.4 is 5.73 Å². The standard InChI is InChI=1S/C25H28N2O8/c1-9(28)8-12-14-10(2)11-6-5-7-13(29)15(11)20(30)16(14)22(32)25(35)18(12)19(27(3)4)21(31)17(23(25)33)24(26)34/h5-7,10,12,14,18-19,29-30,33,35H,8H2,1-4H3,(H2,26,34)/t10-,12-,14-,18-,19?,25-/m0/s1. The molecule has 6 atom stereocenters. The summed E-state index contributed by atoms with van der Waals surface area (Å²) >= 11 is 0. The first-order valence-corrected chi connectivity index (χ1v) is 11.2. The highest BCUT2D eigenvalue weighted by Crippen LogP contribution is 2.59. The van der Waals surface area contributed by atoms with Crippen LogP contribution >= 0.6 is 0 Å². The number of rotatable bonds is 4. The Labute approximate surface area is 201 Å². The summed E-state index contributed by atoms with van der Waals surface area (Å²) in [6.45, 7) is 3.09. The Balaban J connectivity index is 2.12. The molecule has 0 bridgehead atoms. The summed E-state index contributed by atoms with van der Waals surface area (Å²) in [4.78, 5) is 53.3. The van der Waals surface area contributed by atoms with E-state index in [2.05, 4.69) is 0 Å². The summed E-state index contributed by atoms with van der Waals surface area (Å²) in [6.07, 6.45) is -0.184. The Hall–Kier alpha value is -3.50. The van der Waals surface area contributed by atoms with Gasteiger partial charge in [0.15, 0.2) is 11.4 Å². The number of nitrogens with two attached hydrogens (primary N) is 1. The molecular weight excluding hydrogens is 456 g/mol. The molecule has 1 unspecified atom stereocenters. The molecular formula is C25H28N2O8. The van der Waals surface area contributed by atoms with Gasteiger partial charge in [-0.3, -0.25) is 19.3 Å². The quantitative estimate of drug-likeness (QED) is 0.385. The van der Waals surface area contributed by atoms with Gasteiger partial charge in [-0.2, -0.15) is 0 Å². The molecule has 0 heterocycles. The number of primary amides is 1. The summed E-state index contributed by atoms with van der Waals surface area (Å²) in [6, 6.07) is 3.34. The molecule has 1 fully saturated rings. The molecule has 0 saturated heterocycles. The lowest BCUT2D eigenvalue weighted by molar-refractivity contribution is -0.162. The Morgan fingerprint density at radius 2 is 1.77 bits per heavy atom. The number of aliphatic hydroxyl groups excluding tert-OH is 2. The molecule has 35 heavy (non-hydrogen) atoms. The van der Waals surface area contributed by atoms with Gasteiger partial charge in [-0.1, -0.05) is 19.1 Å². The molecule has 3 aliphatic carbocycles. The minimum Gasteiger partial charge on any atom is -0.508 e. The van der Waals surface area contributed by atoms with E-state index in [1.165, 1.54) is 32.0 Å². The zero-order chi connectivity index (χ0) is 26.1. The zero-order valence-electron chi connectivity index (χ0n) is 19.8. The number of hydrogen-bond donors (Lipinski definition) is 5. The van der Waals surface area contributed by atoms with Crippen LogP contribution in [0.1, 0.15) is 37.3 Å². The van der Waals surface area contributed by atoms with Crippen molar-refractivity contribution >= 4 is 29.0 Å². The van der Waals surface area contributed by atoms with Crippen LogP contribution in [0, 0.1) is 17.8 Å². The van der Waals surface area contributed by atoms with Gasteiger partial charge in [-0.15, -0.1) is 0 Å². The molecule has 0 aromatic heterocycles. The van der Waals surface area contributed by atoms with Crippen LogP contribution in [0.5, 0.6) is 5.75 Å². The third-order valence-electron chi connectivity index (χ3n) is 7.70. The molecule has 1 amide bonds. The number of nitrogens with zero attached hydrogens (tertiary/aromatic N) is 1. The van der Waals surface area contributed by atoms with Gasteiger partial charge in [0.05, 0.1) is 11.6 Å². The number of hydrogen-bond acceptors (Lipinski definition) is 9. The second kappa shape index (κ2) is 8.03. The Bertz CT molecular complexity index is 1250. The van der Waals surface area contributed by atoms with E-state index in [1.807, 2.05) is 0 Å². The zero-order valence-corrected chi connectivity index (χ0v) is 19.8. The molecule has 10 heteroatoms. The predicted molar refractivity (Wildman–Crippen MR) is 123 cm³/mol. The molecule has 0 radical (unpaired) electrons. The van der Waals surface area contributed by atoms with Gasteiger partial charge >= 0.3 is 0 Å². The van der Waals surface area contributed by atoms with E-state index >= 15 is 0 Å². The van der Waals surface area contributed by atoms with Crippen molar-refractivity contribution in [2.75, 3.05) is 14.1 Å². The third kappa shape index (κ3) is 3.16. The first-order chi connectivity index (χ1) is 16.3. The van der Waals surface area contributed by atoms with E-state index in [9.17, 15) is 39.6 Å². The highest BCUT2D eigenvalue weighted by Gasteiger charge is 2.68. The van der Waals surface area contributed by atoms with E-state index in [0.717, 1.165) is 0 Å². The Kier molecular flexibility index (Phi) is 5.65. The van der Waals surface area contributed by atoms with Gasteiger partial charge in [0.2, 0.25) is 5.78 Å². The topological polar surface area (TPSA) is 178 Å². The van der Waals surface area contributed by atoms with E-state index in [1.54, 1.807) is 19.1 Å². The lowest BCUT2D eigenvalue weighted by atomic mass is 9.50. The van der Waals surface area contributed by atoms with E-state index < -0.39 is 69.9 Å². The number of phenolic OH excluding ortho intramolecular Hbond substituents is 1. The molecule has 186 valence electrons. The number of carbonyl (C=O) groups excluding carboxylic acids is 4. The summed E-state index contributed by atoms with van der Waals surface area (Å²) in [5.74, 6) is -9.22. The van der Waals surface area contributed by atoms with Crippen molar-refractivity contribution in [3.05, 3.63) is 46.2 Å². The molecule has 0 aliphatic heterocycles. The molecule has 6 N–H and O–H groups in total. The molecule has 10 nitrogen and oxygen atoms in total. The fourth-order valence-electron chi connectivity index (χ4n) is 6.39. The molecule has 1 aromatic rings. The fraction of sp³-hybridized carbons (Fsp3) is 0.440. The van der Waals surface area contributed by atoms with Crippen LogP contribution in [0.2, 0.25) is 0 Å². The van der Waals surface area contributed by atoms with Crippen molar-refractivity contribution < 1.29 is 39.6 Å². The maximum atomic E-state index is 14.0. The molecule has 4 rings (SSSR count). The molecule has 3 aliphatic rings. The first-order valence-electron chi connectivity index (χ1n) is 11.2. The van der Waals surface area contributed by atoms with E-state index in [4.69, 9.17) is 5.73 Å². The van der Waals surface area contributed by atoms with Crippen molar-refractivity contribution in [3.63, 3.8) is 0 Å². The Morgan fingerprint density at radius 3 is 2.31 bits per heavy atom. The van der Waals surface area contributed by atoms with Crippen molar-refractivity contribution in [3.8, 4) is 5.75 Å². The average Bonchev–Trinajstić information content (AvgIpc) is 2.75. The summed E-state index contributed by atoms with van der Waals surface area (Å²) < 4.78 is 0. The number of aliphatic hydroxyl groups is 3. The summed E-state index contributed by atoms with van der Waals surface area (Å²) in [5.41, 5.74) is 1.90. The number of likely N-dealkylation sites (N-methyl/N-ethyl adjacent to an activating group) is 1. The minimum atomic E-state index is -2.81. The molecule has 1 aromatic carbocycles. The summed E-state index contributed by atoms with van der Waals surface area (Å²) in [5, 5.41) is 44.5. The molecule has 0 spiro atoms. The minimum absolute atomic E-state index is 0.0119. The average molecular weight is 485 g/mol. The van der Waals surface area contributed by atoms with E-state index in [-0.39, 0.29) is 29.1 Å². The lowest BCUT2D eigenvalue weighted by Gasteiger charge is -2.55. The number of amides is 1. The van der Waals surface area contributed by atoms with Crippen LogP contribution in [0.3, 0.4) is 0 Å². The maximum absolute atomic E-state index is 14.0. The van der Waals surface area contributed by atoms with Crippen molar-refractivity contribution in [2.24, 2.45) is 23.5 Å². The number of phenols is 1.